The summed E-state index contributed by atoms with van der Waals surface area (Å²) in [5.41, 5.74) is 5.14. The minimum atomic E-state index is 0.607. The van der Waals surface area contributed by atoms with Gasteiger partial charge < -0.3 is 0 Å². The highest BCUT2D eigenvalue weighted by Gasteiger charge is 2.12. The number of nitriles is 1. The van der Waals surface area contributed by atoms with Crippen molar-refractivity contribution in [3.8, 4) is 40.0 Å². The molecule has 3 nitrogen and oxygen atoms in total. The molecule has 5 rings (SSSR count). The summed E-state index contributed by atoms with van der Waals surface area (Å²) in [6, 6.07) is 32.3. The molecular weight excluding hydrogens is 526 g/mol. The molecule has 0 spiro atoms. The Morgan fingerprint density at radius 3 is 1.91 bits per heavy atom. The second-order valence-electron chi connectivity index (χ2n) is 7.37. The van der Waals surface area contributed by atoms with Crippen molar-refractivity contribution >= 4 is 42.6 Å². The second-order valence-corrected chi connectivity index (χ2v) is 9.20. The Kier molecular flexibility index (Phi) is 5.57. The molecule has 0 radical (unpaired) electrons. The van der Waals surface area contributed by atoms with Gasteiger partial charge in [-0.05, 0) is 65.4 Å². The zero-order valence-electron chi connectivity index (χ0n) is 16.8. The van der Waals surface area contributed by atoms with Crippen LogP contribution in [0.5, 0.6) is 0 Å². The smallest absolute Gasteiger partial charge is 0.160 e. The van der Waals surface area contributed by atoms with Crippen LogP contribution in [0.3, 0.4) is 0 Å². The third-order valence-electron chi connectivity index (χ3n) is 5.20. The summed E-state index contributed by atoms with van der Waals surface area (Å²) in [5.74, 6) is 0.617. The van der Waals surface area contributed by atoms with Gasteiger partial charge in [0.05, 0.1) is 23.0 Å². The molecule has 4 aromatic carbocycles. The van der Waals surface area contributed by atoms with E-state index in [1.54, 1.807) is 12.1 Å². The topological polar surface area (TPSA) is 49.6 Å². The number of fused-ring (bicyclic) bond motifs is 1. The predicted octanol–water partition coefficient (Wildman–Crippen LogP) is 8.03. The summed E-state index contributed by atoms with van der Waals surface area (Å²) in [5, 5.41) is 11.5. The van der Waals surface area contributed by atoms with E-state index in [-0.39, 0.29) is 0 Å². The predicted molar refractivity (Wildman–Crippen MR) is 136 cm³/mol. The molecule has 0 bridgehead atoms. The number of nitrogens with zero attached hydrogens (tertiary/aromatic N) is 3. The highest BCUT2D eigenvalue weighted by atomic mass is 79.9. The molecule has 0 atom stereocenters. The Morgan fingerprint density at radius 1 is 0.594 bits per heavy atom. The Bertz CT molecular complexity index is 1480. The third kappa shape index (κ3) is 4.20. The first-order chi connectivity index (χ1) is 15.6. The summed E-state index contributed by atoms with van der Waals surface area (Å²) in [6.45, 7) is 0. The minimum absolute atomic E-state index is 0.607. The van der Waals surface area contributed by atoms with E-state index in [1.165, 1.54) is 5.39 Å². The van der Waals surface area contributed by atoms with E-state index in [0.29, 0.717) is 11.4 Å². The standard InChI is InChI=1S/C27H15Br2N3/c28-23-12-22(13-24(29)14-23)26-15-25(21-10-9-18-3-1-2-4-20(18)11-21)31-27(32-26)19-7-5-17(16-30)6-8-19/h1-15H. The zero-order valence-corrected chi connectivity index (χ0v) is 19.9. The van der Waals surface area contributed by atoms with Gasteiger partial charge in [-0.25, -0.2) is 9.97 Å². The number of hydrogen-bond acceptors (Lipinski definition) is 3. The number of benzene rings is 4. The van der Waals surface area contributed by atoms with E-state index < -0.39 is 0 Å². The summed E-state index contributed by atoms with van der Waals surface area (Å²) >= 11 is 7.15. The van der Waals surface area contributed by atoms with Crippen molar-refractivity contribution in [3.05, 3.63) is 106 Å². The van der Waals surface area contributed by atoms with E-state index in [0.717, 1.165) is 42.4 Å². The van der Waals surface area contributed by atoms with Crippen LogP contribution in [0.2, 0.25) is 0 Å². The van der Waals surface area contributed by atoms with Crippen molar-refractivity contribution in [2.75, 3.05) is 0 Å². The van der Waals surface area contributed by atoms with Gasteiger partial charge in [-0.3, -0.25) is 0 Å². The van der Waals surface area contributed by atoms with Gasteiger partial charge in [-0.2, -0.15) is 5.26 Å². The van der Waals surface area contributed by atoms with Crippen molar-refractivity contribution in [2.45, 2.75) is 0 Å². The zero-order chi connectivity index (χ0) is 22.1. The van der Waals surface area contributed by atoms with Gasteiger partial charge in [0, 0.05) is 25.6 Å². The summed E-state index contributed by atoms with van der Waals surface area (Å²) in [7, 11) is 0. The number of hydrogen-bond donors (Lipinski definition) is 0. The molecule has 0 aliphatic heterocycles. The van der Waals surface area contributed by atoms with Gasteiger partial charge in [-0.15, -0.1) is 0 Å². The molecule has 0 aliphatic rings. The average Bonchev–Trinajstić information content (AvgIpc) is 2.83. The summed E-state index contributed by atoms with van der Waals surface area (Å²) in [4.78, 5) is 9.75. The van der Waals surface area contributed by atoms with Gasteiger partial charge >= 0.3 is 0 Å². The second kappa shape index (κ2) is 8.66. The van der Waals surface area contributed by atoms with E-state index in [2.05, 4.69) is 68.3 Å². The lowest BCUT2D eigenvalue weighted by Gasteiger charge is -2.11. The molecule has 32 heavy (non-hydrogen) atoms. The van der Waals surface area contributed by atoms with Crippen LogP contribution in [-0.4, -0.2) is 9.97 Å². The van der Waals surface area contributed by atoms with Gasteiger partial charge in [-0.1, -0.05) is 68.3 Å². The first kappa shape index (κ1) is 20.6. The fourth-order valence-corrected chi connectivity index (χ4v) is 4.91. The molecule has 152 valence electrons. The lowest BCUT2D eigenvalue weighted by atomic mass is 10.0. The van der Waals surface area contributed by atoms with Crippen LogP contribution >= 0.6 is 31.9 Å². The minimum Gasteiger partial charge on any atom is -0.228 e. The van der Waals surface area contributed by atoms with Crippen LogP contribution in [-0.2, 0) is 0 Å². The fraction of sp³-hybridized carbons (Fsp3) is 0. The molecule has 0 N–H and O–H groups in total. The van der Waals surface area contributed by atoms with Gasteiger partial charge in [0.15, 0.2) is 5.82 Å². The SMILES string of the molecule is N#Cc1ccc(-c2nc(-c3cc(Br)cc(Br)c3)cc(-c3ccc4ccccc4c3)n2)cc1. The lowest BCUT2D eigenvalue weighted by Crippen LogP contribution is -1.96. The highest BCUT2D eigenvalue weighted by molar-refractivity contribution is 9.11. The van der Waals surface area contributed by atoms with E-state index in [9.17, 15) is 0 Å². The number of aromatic nitrogens is 2. The molecule has 0 amide bonds. The summed E-state index contributed by atoms with van der Waals surface area (Å²) < 4.78 is 1.93. The van der Waals surface area contributed by atoms with E-state index in [1.807, 2.05) is 48.5 Å². The molecular formula is C27H15Br2N3. The van der Waals surface area contributed by atoms with Crippen LogP contribution in [0.15, 0.2) is 99.9 Å². The van der Waals surface area contributed by atoms with Crippen molar-refractivity contribution in [3.63, 3.8) is 0 Å². The maximum Gasteiger partial charge on any atom is 0.160 e. The van der Waals surface area contributed by atoms with Crippen LogP contribution in [0.1, 0.15) is 5.56 Å². The summed E-state index contributed by atoms with van der Waals surface area (Å²) in [6.07, 6.45) is 0. The maximum absolute atomic E-state index is 9.13. The normalized spacial score (nSPS) is 10.8. The largest absolute Gasteiger partial charge is 0.228 e. The van der Waals surface area contributed by atoms with Crippen molar-refractivity contribution < 1.29 is 0 Å². The first-order valence-corrected chi connectivity index (χ1v) is 11.5. The maximum atomic E-state index is 9.13. The van der Waals surface area contributed by atoms with Crippen LogP contribution < -0.4 is 0 Å². The van der Waals surface area contributed by atoms with Gasteiger partial charge in [0.2, 0.25) is 0 Å². The molecule has 0 fully saturated rings. The Balaban J connectivity index is 1.72. The quantitative estimate of drug-likeness (QED) is 0.233. The van der Waals surface area contributed by atoms with E-state index in [4.69, 9.17) is 15.2 Å². The molecule has 5 heteroatoms. The Labute approximate surface area is 202 Å². The monoisotopic (exact) mass is 539 g/mol. The Morgan fingerprint density at radius 2 is 1.22 bits per heavy atom. The van der Waals surface area contributed by atoms with E-state index >= 15 is 0 Å². The molecule has 0 saturated carbocycles. The average molecular weight is 541 g/mol. The van der Waals surface area contributed by atoms with Crippen molar-refractivity contribution in [1.29, 1.82) is 5.26 Å². The van der Waals surface area contributed by atoms with Crippen LogP contribution in [0.25, 0.3) is 44.7 Å². The van der Waals surface area contributed by atoms with Crippen molar-refractivity contribution in [2.24, 2.45) is 0 Å². The number of rotatable bonds is 3. The van der Waals surface area contributed by atoms with Crippen LogP contribution in [0.4, 0.5) is 0 Å². The molecule has 0 unspecified atom stereocenters. The molecule has 1 aromatic heterocycles. The molecule has 1 heterocycles. The third-order valence-corrected chi connectivity index (χ3v) is 6.12. The lowest BCUT2D eigenvalue weighted by molar-refractivity contribution is 1.18. The van der Waals surface area contributed by atoms with Gasteiger partial charge in [0.25, 0.3) is 0 Å². The highest BCUT2D eigenvalue weighted by Crippen LogP contribution is 2.32. The first-order valence-electron chi connectivity index (χ1n) is 9.94. The van der Waals surface area contributed by atoms with Crippen molar-refractivity contribution in [1.82, 2.24) is 9.97 Å². The molecule has 0 aliphatic carbocycles. The molecule has 0 saturated heterocycles. The van der Waals surface area contributed by atoms with Gasteiger partial charge in [0.1, 0.15) is 0 Å². The fourth-order valence-electron chi connectivity index (χ4n) is 3.62. The number of halogens is 2. The molecule has 5 aromatic rings. The van der Waals surface area contributed by atoms with Crippen LogP contribution in [0, 0.1) is 11.3 Å². The Hall–Kier alpha value is -3.33.